The number of rotatable bonds is 5. The zero-order valence-electron chi connectivity index (χ0n) is 11.7. The van der Waals surface area contributed by atoms with E-state index in [2.05, 4.69) is 37.3 Å². The summed E-state index contributed by atoms with van der Waals surface area (Å²) in [6.07, 6.45) is 5.56. The van der Waals surface area contributed by atoms with E-state index >= 15 is 0 Å². The second-order valence-corrected chi connectivity index (χ2v) is 5.93. The van der Waals surface area contributed by atoms with Gasteiger partial charge >= 0.3 is 0 Å². The van der Waals surface area contributed by atoms with Crippen LogP contribution in [0.1, 0.15) is 25.0 Å². The first-order valence-corrected chi connectivity index (χ1v) is 7.94. The van der Waals surface area contributed by atoms with E-state index in [9.17, 15) is 0 Å². The Morgan fingerprint density at radius 1 is 1.50 bits per heavy atom. The molecule has 1 aliphatic rings. The molecule has 5 nitrogen and oxygen atoms in total. The highest BCUT2D eigenvalue weighted by Crippen LogP contribution is 2.21. The Morgan fingerprint density at radius 2 is 2.25 bits per heavy atom. The number of methoxy groups -OCH3 is 1. The number of piperidine rings is 1. The predicted octanol–water partition coefficient (Wildman–Crippen LogP) is 2.55. The highest BCUT2D eigenvalue weighted by Gasteiger charge is 2.23. The van der Waals surface area contributed by atoms with Crippen LogP contribution in [0.25, 0.3) is 4.85 Å². The van der Waals surface area contributed by atoms with Crippen LogP contribution in [0.2, 0.25) is 0 Å². The molecule has 0 amide bonds. The molecule has 0 saturated carbocycles. The van der Waals surface area contributed by atoms with Gasteiger partial charge in [-0.1, -0.05) is 0 Å². The third kappa shape index (κ3) is 4.03. The third-order valence-electron chi connectivity index (χ3n) is 3.51. The van der Waals surface area contributed by atoms with Crippen LogP contribution in [0.3, 0.4) is 0 Å². The Balaban J connectivity index is 2.02. The van der Waals surface area contributed by atoms with Crippen LogP contribution < -0.4 is 4.90 Å². The fourth-order valence-electron chi connectivity index (χ4n) is 2.32. The van der Waals surface area contributed by atoms with Crippen molar-refractivity contribution in [2.75, 3.05) is 31.7 Å². The fraction of sp³-hybridized carbons (Fsp3) is 0.643. The van der Waals surface area contributed by atoms with Crippen molar-refractivity contribution in [3.63, 3.8) is 0 Å². The summed E-state index contributed by atoms with van der Waals surface area (Å²) < 4.78 is 6.06. The van der Waals surface area contributed by atoms with Gasteiger partial charge in [-0.2, -0.15) is 0 Å². The van der Waals surface area contributed by atoms with Crippen molar-refractivity contribution in [3.8, 4) is 0 Å². The van der Waals surface area contributed by atoms with Gasteiger partial charge in [0.2, 0.25) is 6.04 Å². The molecule has 1 aromatic rings. The number of halogens is 1. The van der Waals surface area contributed by atoms with E-state index in [1.54, 1.807) is 7.11 Å². The minimum Gasteiger partial charge on any atom is -0.385 e. The highest BCUT2D eigenvalue weighted by molar-refractivity contribution is 14.1. The van der Waals surface area contributed by atoms with E-state index in [0.29, 0.717) is 0 Å². The van der Waals surface area contributed by atoms with Gasteiger partial charge in [0, 0.05) is 39.6 Å². The molecule has 0 atom stereocenters. The van der Waals surface area contributed by atoms with Crippen molar-refractivity contribution in [2.24, 2.45) is 0 Å². The van der Waals surface area contributed by atoms with Crippen LogP contribution in [0.15, 0.2) is 6.20 Å². The van der Waals surface area contributed by atoms with Gasteiger partial charge in [0.1, 0.15) is 9.52 Å². The summed E-state index contributed by atoms with van der Waals surface area (Å²) in [5, 5.41) is 0. The Morgan fingerprint density at radius 3 is 2.90 bits per heavy atom. The predicted molar refractivity (Wildman–Crippen MR) is 86.8 cm³/mol. The number of hydrogen-bond acceptors (Lipinski definition) is 4. The summed E-state index contributed by atoms with van der Waals surface area (Å²) in [7, 11) is 1.72. The summed E-state index contributed by atoms with van der Waals surface area (Å²) in [5.41, 5.74) is 1.05. The van der Waals surface area contributed by atoms with Gasteiger partial charge in [0.25, 0.3) is 0 Å². The monoisotopic (exact) mass is 386 g/mol. The molecule has 0 aliphatic carbocycles. The molecule has 2 heterocycles. The second-order valence-electron chi connectivity index (χ2n) is 4.91. The maximum atomic E-state index is 7.09. The van der Waals surface area contributed by atoms with Crippen molar-refractivity contribution < 1.29 is 4.74 Å². The SMILES string of the molecule is [C-]#[N+]C1CCN(c2cnc(I)c(CCCOC)n2)CC1. The van der Waals surface area contributed by atoms with Gasteiger partial charge in [-0.3, -0.25) is 0 Å². The molecule has 6 heteroatoms. The van der Waals surface area contributed by atoms with Crippen molar-refractivity contribution in [2.45, 2.75) is 31.7 Å². The molecule has 1 saturated heterocycles. The lowest BCUT2D eigenvalue weighted by Crippen LogP contribution is -2.35. The van der Waals surface area contributed by atoms with Crippen molar-refractivity contribution in [3.05, 3.63) is 27.0 Å². The summed E-state index contributed by atoms with van der Waals surface area (Å²) in [6.45, 7) is 9.64. The van der Waals surface area contributed by atoms with Crippen molar-refractivity contribution >= 4 is 28.4 Å². The molecule has 2 rings (SSSR count). The van der Waals surface area contributed by atoms with Crippen molar-refractivity contribution in [1.29, 1.82) is 0 Å². The van der Waals surface area contributed by atoms with Gasteiger partial charge in [0.15, 0.2) is 0 Å². The summed E-state index contributed by atoms with van der Waals surface area (Å²) in [5.74, 6) is 0.946. The fourth-order valence-corrected chi connectivity index (χ4v) is 2.85. The summed E-state index contributed by atoms with van der Waals surface area (Å²) in [4.78, 5) is 15.1. The van der Waals surface area contributed by atoms with E-state index in [0.717, 1.165) is 60.6 Å². The van der Waals surface area contributed by atoms with Crippen molar-refractivity contribution in [1.82, 2.24) is 9.97 Å². The zero-order chi connectivity index (χ0) is 14.4. The Labute approximate surface area is 133 Å². The van der Waals surface area contributed by atoms with Crippen LogP contribution in [0, 0.1) is 10.3 Å². The molecule has 20 heavy (non-hydrogen) atoms. The molecule has 0 unspecified atom stereocenters. The van der Waals surface area contributed by atoms with Crippen LogP contribution >= 0.6 is 22.6 Å². The standard InChI is InChI=1S/C14H19IN4O/c1-16-11-5-7-19(8-6-11)13-10-17-14(15)12(18-13)4-3-9-20-2/h10-11H,3-9H2,2H3. The van der Waals surface area contributed by atoms with Gasteiger partial charge in [-0.05, 0) is 35.4 Å². The number of aryl methyl sites for hydroxylation is 1. The normalized spacial score (nSPS) is 16.1. The molecule has 0 aromatic carbocycles. The van der Waals surface area contributed by atoms with Gasteiger partial charge in [-0.25, -0.2) is 16.5 Å². The smallest absolute Gasteiger partial charge is 0.227 e. The number of hydrogen-bond donors (Lipinski definition) is 0. The van der Waals surface area contributed by atoms with E-state index in [4.69, 9.17) is 16.3 Å². The van der Waals surface area contributed by atoms with E-state index in [-0.39, 0.29) is 6.04 Å². The molecule has 1 fully saturated rings. The molecule has 1 aromatic heterocycles. The average Bonchev–Trinajstić information content (AvgIpc) is 2.49. The van der Waals surface area contributed by atoms with Crippen LogP contribution in [-0.4, -0.2) is 42.8 Å². The number of nitrogens with zero attached hydrogens (tertiary/aromatic N) is 4. The first-order chi connectivity index (χ1) is 9.74. The average molecular weight is 386 g/mol. The molecule has 0 spiro atoms. The maximum Gasteiger partial charge on any atom is 0.227 e. The minimum absolute atomic E-state index is 0.184. The Bertz CT molecular complexity index is 481. The van der Waals surface area contributed by atoms with E-state index < -0.39 is 0 Å². The second kappa shape index (κ2) is 7.74. The van der Waals surface area contributed by atoms with Gasteiger partial charge < -0.3 is 14.5 Å². The lowest BCUT2D eigenvalue weighted by molar-refractivity contribution is 0.195. The van der Waals surface area contributed by atoms with Crippen LogP contribution in [0.5, 0.6) is 0 Å². The summed E-state index contributed by atoms with van der Waals surface area (Å²) in [6, 6.07) is 0.184. The first-order valence-electron chi connectivity index (χ1n) is 6.86. The largest absolute Gasteiger partial charge is 0.385 e. The topological polar surface area (TPSA) is 42.6 Å². The van der Waals surface area contributed by atoms with Crippen LogP contribution in [-0.2, 0) is 11.2 Å². The lowest BCUT2D eigenvalue weighted by atomic mass is 10.1. The van der Waals surface area contributed by atoms with Gasteiger partial charge in [0.05, 0.1) is 11.9 Å². The minimum atomic E-state index is 0.184. The van der Waals surface area contributed by atoms with E-state index in [1.807, 2.05) is 6.20 Å². The zero-order valence-corrected chi connectivity index (χ0v) is 13.8. The molecule has 0 bridgehead atoms. The molecule has 0 radical (unpaired) electrons. The van der Waals surface area contributed by atoms with Gasteiger partial charge in [-0.15, -0.1) is 0 Å². The van der Waals surface area contributed by atoms with Crippen LogP contribution in [0.4, 0.5) is 5.82 Å². The Hall–Kier alpha value is -0.940. The highest BCUT2D eigenvalue weighted by atomic mass is 127. The quantitative estimate of drug-likeness (QED) is 0.443. The number of ether oxygens (including phenoxy) is 1. The lowest BCUT2D eigenvalue weighted by Gasteiger charge is -2.28. The number of aromatic nitrogens is 2. The molecule has 108 valence electrons. The first kappa shape index (κ1) is 15.4. The Kier molecular flexibility index (Phi) is 5.98. The maximum absolute atomic E-state index is 7.09. The molecule has 1 aliphatic heterocycles. The molecular weight excluding hydrogens is 367 g/mol. The number of anilines is 1. The molecule has 0 N–H and O–H groups in total. The third-order valence-corrected chi connectivity index (χ3v) is 4.42. The molecular formula is C14H19IN4O. The summed E-state index contributed by atoms with van der Waals surface area (Å²) >= 11 is 2.24. The van der Waals surface area contributed by atoms with E-state index in [1.165, 1.54) is 0 Å².